The molecule has 0 radical (unpaired) electrons. The molecule has 0 aliphatic heterocycles. The average molecular weight is 281 g/mol. The Morgan fingerprint density at radius 1 is 1.56 bits per heavy atom. The molecule has 0 saturated heterocycles. The van der Waals surface area contributed by atoms with Gasteiger partial charge in [0.1, 0.15) is 5.82 Å². The molecular formula is C11H13BrN4. The molecule has 0 spiro atoms. The molecule has 1 aliphatic rings. The Morgan fingerprint density at radius 2 is 2.31 bits per heavy atom. The Morgan fingerprint density at radius 3 is 2.88 bits per heavy atom. The van der Waals surface area contributed by atoms with Crippen molar-refractivity contribution in [2.24, 2.45) is 10.7 Å². The number of nitrogens with zero attached hydrogens (tertiary/aromatic N) is 2. The van der Waals surface area contributed by atoms with Crippen LogP contribution in [-0.2, 0) is 0 Å². The molecule has 84 valence electrons. The number of pyridine rings is 1. The van der Waals surface area contributed by atoms with E-state index in [1.54, 1.807) is 12.4 Å². The number of anilines is 1. The third kappa shape index (κ3) is 2.61. The number of halogens is 1. The fraction of sp³-hybridized carbons (Fsp3) is 0.273. The van der Waals surface area contributed by atoms with Crippen molar-refractivity contribution in [2.45, 2.75) is 18.9 Å². The molecule has 4 nitrogen and oxygen atoms in total. The normalized spacial score (nSPS) is 16.9. The van der Waals surface area contributed by atoms with Crippen molar-refractivity contribution in [3.63, 3.8) is 0 Å². The molecule has 1 aromatic heterocycles. The minimum Gasteiger partial charge on any atom is -0.404 e. The molecule has 16 heavy (non-hydrogen) atoms. The highest BCUT2D eigenvalue weighted by Gasteiger charge is 2.19. The highest BCUT2D eigenvalue weighted by atomic mass is 79.9. The first-order valence-electron chi connectivity index (χ1n) is 5.07. The smallest absolute Gasteiger partial charge is 0.137 e. The molecule has 0 aromatic carbocycles. The molecule has 4 N–H and O–H groups in total. The summed E-state index contributed by atoms with van der Waals surface area (Å²) >= 11 is 3.34. The van der Waals surface area contributed by atoms with E-state index in [0.29, 0.717) is 11.9 Å². The van der Waals surface area contributed by atoms with Crippen LogP contribution in [-0.4, -0.2) is 17.2 Å². The summed E-state index contributed by atoms with van der Waals surface area (Å²) in [5.74, 6) is 0.472. The predicted molar refractivity (Wildman–Crippen MR) is 70.0 cm³/mol. The molecule has 5 heteroatoms. The number of allylic oxidation sites excluding steroid dienone is 1. The predicted octanol–water partition coefficient (Wildman–Crippen LogP) is 1.96. The van der Waals surface area contributed by atoms with Gasteiger partial charge in [-0.05, 0) is 34.8 Å². The summed E-state index contributed by atoms with van der Waals surface area (Å²) in [4.78, 5) is 8.45. The standard InChI is InChI=1S/C11H13BrN4/c12-10-3-7(5-16-11(10)14)8(4-13)6-15-9-1-2-9/h3-6,9H,1-2,13H2,(H2,14,16)/b8-4+,15-6?. The summed E-state index contributed by atoms with van der Waals surface area (Å²) in [6.45, 7) is 0. The van der Waals surface area contributed by atoms with Gasteiger partial charge in [0.05, 0.1) is 10.5 Å². The molecule has 1 fully saturated rings. The second kappa shape index (κ2) is 4.65. The van der Waals surface area contributed by atoms with E-state index in [0.717, 1.165) is 15.6 Å². The Kier molecular flexibility index (Phi) is 3.24. The molecular weight excluding hydrogens is 268 g/mol. The molecule has 0 bridgehead atoms. The zero-order chi connectivity index (χ0) is 11.5. The van der Waals surface area contributed by atoms with Gasteiger partial charge in [0.2, 0.25) is 0 Å². The van der Waals surface area contributed by atoms with Gasteiger partial charge in [0.25, 0.3) is 0 Å². The van der Waals surface area contributed by atoms with Crippen molar-refractivity contribution < 1.29 is 0 Å². The molecule has 1 saturated carbocycles. The van der Waals surface area contributed by atoms with E-state index in [2.05, 4.69) is 25.9 Å². The Hall–Kier alpha value is -1.36. The number of hydrogen-bond acceptors (Lipinski definition) is 4. The van der Waals surface area contributed by atoms with Gasteiger partial charge >= 0.3 is 0 Å². The molecule has 0 amide bonds. The minimum absolute atomic E-state index is 0.472. The van der Waals surface area contributed by atoms with Crippen molar-refractivity contribution in [1.29, 1.82) is 0 Å². The zero-order valence-corrected chi connectivity index (χ0v) is 10.3. The van der Waals surface area contributed by atoms with Gasteiger partial charge in [-0.3, -0.25) is 4.99 Å². The summed E-state index contributed by atoms with van der Waals surface area (Å²) in [5.41, 5.74) is 13.0. The summed E-state index contributed by atoms with van der Waals surface area (Å²) in [5, 5.41) is 0. The van der Waals surface area contributed by atoms with Gasteiger partial charge in [-0.15, -0.1) is 0 Å². The van der Waals surface area contributed by atoms with E-state index >= 15 is 0 Å². The maximum Gasteiger partial charge on any atom is 0.137 e. The van der Waals surface area contributed by atoms with Crippen LogP contribution in [0.4, 0.5) is 5.82 Å². The quantitative estimate of drug-likeness (QED) is 0.831. The van der Waals surface area contributed by atoms with E-state index in [-0.39, 0.29) is 0 Å². The van der Waals surface area contributed by atoms with E-state index in [1.807, 2.05) is 6.07 Å². The van der Waals surface area contributed by atoms with E-state index in [9.17, 15) is 0 Å². The number of aromatic nitrogens is 1. The van der Waals surface area contributed by atoms with E-state index in [4.69, 9.17) is 11.5 Å². The SMILES string of the molecule is N/C=C(\C=NC1CC1)c1cnc(N)c(Br)c1. The lowest BCUT2D eigenvalue weighted by atomic mass is 10.1. The van der Waals surface area contributed by atoms with Gasteiger partial charge in [0.15, 0.2) is 0 Å². The first kappa shape index (κ1) is 11.1. The summed E-state index contributed by atoms with van der Waals surface area (Å²) < 4.78 is 0.768. The minimum atomic E-state index is 0.472. The number of nitrogen functional groups attached to an aromatic ring is 1. The fourth-order valence-electron chi connectivity index (χ4n) is 1.23. The maximum atomic E-state index is 5.62. The number of rotatable bonds is 3. The Balaban J connectivity index is 2.22. The van der Waals surface area contributed by atoms with Crippen LogP contribution in [0.2, 0.25) is 0 Å². The van der Waals surface area contributed by atoms with Crippen molar-refractivity contribution >= 4 is 33.5 Å². The Labute approximate surface area is 103 Å². The third-order valence-electron chi connectivity index (χ3n) is 2.35. The zero-order valence-electron chi connectivity index (χ0n) is 8.73. The molecule has 2 rings (SSSR count). The lowest BCUT2D eigenvalue weighted by Crippen LogP contribution is -1.96. The van der Waals surface area contributed by atoms with Gasteiger partial charge in [-0.1, -0.05) is 0 Å². The molecule has 1 aromatic rings. The molecule has 1 aliphatic carbocycles. The second-order valence-corrected chi connectivity index (χ2v) is 4.58. The fourth-order valence-corrected chi connectivity index (χ4v) is 1.58. The van der Waals surface area contributed by atoms with Crippen LogP contribution in [0, 0.1) is 0 Å². The van der Waals surface area contributed by atoms with E-state index < -0.39 is 0 Å². The number of aliphatic imine (C=N–C) groups is 1. The number of hydrogen-bond donors (Lipinski definition) is 2. The van der Waals surface area contributed by atoms with Crippen LogP contribution in [0.5, 0.6) is 0 Å². The summed E-state index contributed by atoms with van der Waals surface area (Å²) in [7, 11) is 0. The van der Waals surface area contributed by atoms with E-state index in [1.165, 1.54) is 19.0 Å². The maximum absolute atomic E-state index is 5.62. The van der Waals surface area contributed by atoms with Crippen LogP contribution in [0.15, 0.2) is 27.9 Å². The van der Waals surface area contributed by atoms with Crippen LogP contribution < -0.4 is 11.5 Å². The van der Waals surface area contributed by atoms with Gasteiger partial charge in [0, 0.05) is 29.7 Å². The van der Waals surface area contributed by atoms with Crippen LogP contribution in [0.3, 0.4) is 0 Å². The Bertz CT molecular complexity index is 449. The van der Waals surface area contributed by atoms with Crippen LogP contribution in [0.1, 0.15) is 18.4 Å². The lowest BCUT2D eigenvalue weighted by Gasteiger charge is -2.03. The number of nitrogens with two attached hydrogens (primary N) is 2. The third-order valence-corrected chi connectivity index (χ3v) is 2.99. The van der Waals surface area contributed by atoms with Crippen LogP contribution in [0.25, 0.3) is 5.57 Å². The highest BCUT2D eigenvalue weighted by molar-refractivity contribution is 9.10. The first-order valence-corrected chi connectivity index (χ1v) is 5.86. The van der Waals surface area contributed by atoms with Crippen molar-refractivity contribution in [3.8, 4) is 0 Å². The van der Waals surface area contributed by atoms with Crippen LogP contribution >= 0.6 is 15.9 Å². The second-order valence-electron chi connectivity index (χ2n) is 3.72. The van der Waals surface area contributed by atoms with Crippen molar-refractivity contribution in [1.82, 2.24) is 4.98 Å². The first-order chi connectivity index (χ1) is 7.70. The van der Waals surface area contributed by atoms with Gasteiger partial charge < -0.3 is 11.5 Å². The molecule has 0 atom stereocenters. The average Bonchev–Trinajstić information content (AvgIpc) is 3.08. The van der Waals surface area contributed by atoms with Crippen molar-refractivity contribution in [2.75, 3.05) is 5.73 Å². The van der Waals surface area contributed by atoms with Crippen molar-refractivity contribution in [3.05, 3.63) is 28.5 Å². The largest absolute Gasteiger partial charge is 0.404 e. The molecule has 0 unspecified atom stereocenters. The van der Waals surface area contributed by atoms with Gasteiger partial charge in [-0.25, -0.2) is 4.98 Å². The monoisotopic (exact) mass is 280 g/mol. The molecule has 1 heterocycles. The lowest BCUT2D eigenvalue weighted by molar-refractivity contribution is 1.08. The summed E-state index contributed by atoms with van der Waals surface area (Å²) in [6.07, 6.45) is 7.39. The highest BCUT2D eigenvalue weighted by Crippen LogP contribution is 2.25. The summed E-state index contributed by atoms with van der Waals surface area (Å²) in [6, 6.07) is 2.38. The van der Waals surface area contributed by atoms with Gasteiger partial charge in [-0.2, -0.15) is 0 Å². The topological polar surface area (TPSA) is 77.3 Å².